The zero-order chi connectivity index (χ0) is 9.19. The van der Waals surface area contributed by atoms with Crippen LogP contribution in [0.25, 0.3) is 0 Å². The van der Waals surface area contributed by atoms with Gasteiger partial charge in [0.05, 0.1) is 12.6 Å². The molecule has 12 heavy (non-hydrogen) atoms. The molecule has 0 aromatic carbocycles. The van der Waals surface area contributed by atoms with E-state index in [-0.39, 0.29) is 26.1 Å². The lowest BCUT2D eigenvalue weighted by atomic mass is 10.3. The number of rotatable bonds is 3. The van der Waals surface area contributed by atoms with Crippen molar-refractivity contribution in [1.82, 2.24) is 4.90 Å². The van der Waals surface area contributed by atoms with Crippen LogP contribution in [-0.2, 0) is 0 Å². The Labute approximate surface area is 70.1 Å². The third kappa shape index (κ3) is 2.66. The Morgan fingerprint density at radius 3 is 2.67 bits per heavy atom. The van der Waals surface area contributed by atoms with Crippen LogP contribution in [-0.4, -0.2) is 48.2 Å². The molecule has 0 spiro atoms. The van der Waals surface area contributed by atoms with E-state index in [4.69, 9.17) is 10.8 Å². The van der Waals surface area contributed by atoms with Crippen LogP contribution in [0.5, 0.6) is 0 Å². The van der Waals surface area contributed by atoms with E-state index in [1.165, 1.54) is 4.90 Å². The van der Waals surface area contributed by atoms with Gasteiger partial charge in [0, 0.05) is 26.1 Å². The lowest BCUT2D eigenvalue weighted by Gasteiger charge is -2.18. The molecule has 0 bridgehead atoms. The molecule has 3 N–H and O–H groups in total. The van der Waals surface area contributed by atoms with Crippen LogP contribution < -0.4 is 5.73 Å². The smallest absolute Gasteiger partial charge is 0.261 e. The maximum absolute atomic E-state index is 12.6. The molecule has 1 saturated heterocycles. The van der Waals surface area contributed by atoms with Crippen molar-refractivity contribution in [1.29, 1.82) is 0 Å². The van der Waals surface area contributed by atoms with Crippen LogP contribution in [0, 0.1) is 0 Å². The SMILES string of the molecule is NC[C@H](O)CN1CCC(F)(F)C1. The number of alkyl halides is 2. The average Bonchev–Trinajstić information content (AvgIpc) is 2.30. The number of hydrogen-bond acceptors (Lipinski definition) is 3. The second-order valence-electron chi connectivity index (χ2n) is 3.23. The van der Waals surface area contributed by atoms with E-state index >= 15 is 0 Å². The van der Waals surface area contributed by atoms with E-state index in [1.54, 1.807) is 0 Å². The highest BCUT2D eigenvalue weighted by Crippen LogP contribution is 2.26. The molecule has 3 nitrogen and oxygen atoms in total. The van der Waals surface area contributed by atoms with Gasteiger partial charge in [-0.1, -0.05) is 0 Å². The molecule has 0 radical (unpaired) electrons. The zero-order valence-corrected chi connectivity index (χ0v) is 6.84. The number of halogens is 2. The highest BCUT2D eigenvalue weighted by molar-refractivity contribution is 4.82. The Morgan fingerprint density at radius 2 is 2.25 bits per heavy atom. The predicted molar refractivity (Wildman–Crippen MR) is 41.1 cm³/mol. The van der Waals surface area contributed by atoms with Crippen LogP contribution in [0.15, 0.2) is 0 Å². The van der Waals surface area contributed by atoms with Gasteiger partial charge < -0.3 is 10.8 Å². The van der Waals surface area contributed by atoms with E-state index in [0.29, 0.717) is 6.54 Å². The fraction of sp³-hybridized carbons (Fsp3) is 1.00. The summed E-state index contributed by atoms with van der Waals surface area (Å²) in [6, 6.07) is 0. The van der Waals surface area contributed by atoms with Crippen molar-refractivity contribution >= 4 is 0 Å². The van der Waals surface area contributed by atoms with Gasteiger partial charge in [0.25, 0.3) is 5.92 Å². The summed E-state index contributed by atoms with van der Waals surface area (Å²) in [4.78, 5) is 1.54. The quantitative estimate of drug-likeness (QED) is 0.624. The number of nitrogens with zero attached hydrogens (tertiary/aromatic N) is 1. The van der Waals surface area contributed by atoms with E-state index in [1.807, 2.05) is 0 Å². The Morgan fingerprint density at radius 1 is 1.58 bits per heavy atom. The molecule has 0 aromatic heterocycles. The molecule has 5 heteroatoms. The minimum absolute atomic E-state index is 0.107. The highest BCUT2D eigenvalue weighted by Gasteiger charge is 2.38. The van der Waals surface area contributed by atoms with Gasteiger partial charge >= 0.3 is 0 Å². The third-order valence-electron chi connectivity index (χ3n) is 1.99. The molecule has 1 aliphatic rings. The molecule has 0 amide bonds. The number of nitrogens with two attached hydrogens (primary N) is 1. The Kier molecular flexibility index (Phi) is 2.98. The average molecular weight is 180 g/mol. The highest BCUT2D eigenvalue weighted by atomic mass is 19.3. The molecule has 1 aliphatic heterocycles. The number of likely N-dealkylation sites (tertiary alicyclic amines) is 1. The first-order chi connectivity index (χ1) is 5.53. The molecule has 0 unspecified atom stereocenters. The minimum atomic E-state index is -2.58. The van der Waals surface area contributed by atoms with Gasteiger partial charge in [-0.3, -0.25) is 4.90 Å². The molecule has 1 heterocycles. The summed E-state index contributed by atoms with van der Waals surface area (Å²) >= 11 is 0. The van der Waals surface area contributed by atoms with Crippen LogP contribution >= 0.6 is 0 Å². The summed E-state index contributed by atoms with van der Waals surface area (Å²) in [7, 11) is 0. The van der Waals surface area contributed by atoms with Gasteiger partial charge in [-0.25, -0.2) is 8.78 Å². The van der Waals surface area contributed by atoms with Gasteiger partial charge in [-0.05, 0) is 0 Å². The fourth-order valence-corrected chi connectivity index (χ4v) is 1.34. The number of hydrogen-bond donors (Lipinski definition) is 2. The minimum Gasteiger partial charge on any atom is -0.390 e. The van der Waals surface area contributed by atoms with Crippen molar-refractivity contribution in [2.75, 3.05) is 26.2 Å². The molecular weight excluding hydrogens is 166 g/mol. The van der Waals surface area contributed by atoms with Crippen molar-refractivity contribution < 1.29 is 13.9 Å². The Hall–Kier alpha value is -0.260. The van der Waals surface area contributed by atoms with Gasteiger partial charge in [0.15, 0.2) is 0 Å². The van der Waals surface area contributed by atoms with Crippen molar-refractivity contribution in [3.8, 4) is 0 Å². The summed E-state index contributed by atoms with van der Waals surface area (Å²) < 4.78 is 25.2. The van der Waals surface area contributed by atoms with Crippen molar-refractivity contribution in [2.24, 2.45) is 5.73 Å². The monoisotopic (exact) mass is 180 g/mol. The first kappa shape index (κ1) is 9.83. The molecule has 0 aliphatic carbocycles. The third-order valence-corrected chi connectivity index (χ3v) is 1.99. The van der Waals surface area contributed by atoms with Gasteiger partial charge in [-0.15, -0.1) is 0 Å². The summed E-state index contributed by atoms with van der Waals surface area (Å²) in [6.45, 7) is 0.488. The van der Waals surface area contributed by atoms with Gasteiger partial charge in [0.2, 0.25) is 0 Å². The van der Waals surface area contributed by atoms with Crippen molar-refractivity contribution in [2.45, 2.75) is 18.4 Å². The summed E-state index contributed by atoms with van der Waals surface area (Å²) in [5.41, 5.74) is 5.15. The van der Waals surface area contributed by atoms with Crippen LogP contribution in [0.1, 0.15) is 6.42 Å². The Balaban J connectivity index is 2.28. The first-order valence-electron chi connectivity index (χ1n) is 4.02. The molecule has 1 fully saturated rings. The number of β-amino-alcohol motifs (C(OH)–C–C–N with tert-alkyl or cyclic N) is 1. The molecule has 1 atom stereocenters. The normalized spacial score (nSPS) is 26.0. The maximum Gasteiger partial charge on any atom is 0.261 e. The number of aliphatic hydroxyl groups is 1. The Bertz CT molecular complexity index is 154. The fourth-order valence-electron chi connectivity index (χ4n) is 1.34. The van der Waals surface area contributed by atoms with Gasteiger partial charge in [0.1, 0.15) is 0 Å². The van der Waals surface area contributed by atoms with Crippen molar-refractivity contribution in [3.63, 3.8) is 0 Å². The zero-order valence-electron chi connectivity index (χ0n) is 6.84. The largest absolute Gasteiger partial charge is 0.390 e. The van der Waals surface area contributed by atoms with Gasteiger partial charge in [-0.2, -0.15) is 0 Å². The molecule has 72 valence electrons. The lowest BCUT2D eigenvalue weighted by molar-refractivity contribution is 0.00795. The maximum atomic E-state index is 12.6. The summed E-state index contributed by atoms with van der Waals surface area (Å²) in [5, 5.41) is 9.08. The first-order valence-corrected chi connectivity index (χ1v) is 4.02. The van der Waals surface area contributed by atoms with Crippen LogP contribution in [0.3, 0.4) is 0 Å². The van der Waals surface area contributed by atoms with E-state index in [2.05, 4.69) is 0 Å². The number of aliphatic hydroxyl groups excluding tert-OH is 1. The lowest BCUT2D eigenvalue weighted by Crippen LogP contribution is -2.36. The van der Waals surface area contributed by atoms with Crippen LogP contribution in [0.4, 0.5) is 8.78 Å². The van der Waals surface area contributed by atoms with E-state index in [0.717, 1.165) is 0 Å². The van der Waals surface area contributed by atoms with E-state index in [9.17, 15) is 8.78 Å². The standard InChI is InChI=1S/C7H14F2N2O/c8-7(9)1-2-11(5-7)4-6(12)3-10/h6,12H,1-5,10H2/t6-/m0/s1. The summed E-state index contributed by atoms with van der Waals surface area (Å²) in [5.74, 6) is -2.58. The molecule has 0 saturated carbocycles. The topological polar surface area (TPSA) is 49.5 Å². The molecular formula is C7H14F2N2O. The van der Waals surface area contributed by atoms with Crippen LogP contribution in [0.2, 0.25) is 0 Å². The molecule has 0 aromatic rings. The predicted octanol–water partition coefficient (Wildman–Crippen LogP) is -0.353. The van der Waals surface area contributed by atoms with E-state index < -0.39 is 12.0 Å². The second-order valence-corrected chi connectivity index (χ2v) is 3.23. The van der Waals surface area contributed by atoms with Crippen molar-refractivity contribution in [3.05, 3.63) is 0 Å². The second kappa shape index (κ2) is 3.64. The molecule has 1 rings (SSSR count). The summed E-state index contributed by atoms with van der Waals surface area (Å²) in [6.07, 6.45) is -0.788.